The van der Waals surface area contributed by atoms with E-state index < -0.39 is 6.03 Å². The molecule has 0 fully saturated rings. The van der Waals surface area contributed by atoms with E-state index in [-0.39, 0.29) is 11.2 Å². The van der Waals surface area contributed by atoms with Crippen LogP contribution in [0.3, 0.4) is 0 Å². The minimum atomic E-state index is -0.440. The second-order valence-corrected chi connectivity index (χ2v) is 7.36. The van der Waals surface area contributed by atoms with Gasteiger partial charge in [-0.25, -0.2) is 4.79 Å². The molecule has 10 heteroatoms. The maximum absolute atomic E-state index is 11.9. The summed E-state index contributed by atoms with van der Waals surface area (Å²) >= 11 is 8.23. The van der Waals surface area contributed by atoms with E-state index in [1.807, 2.05) is 6.92 Å². The summed E-state index contributed by atoms with van der Waals surface area (Å²) in [5.41, 5.74) is 0.604. The number of benzene rings is 1. The zero-order valence-corrected chi connectivity index (χ0v) is 15.3. The molecule has 2 aromatic rings. The minimum absolute atomic E-state index is 0.312. The number of methoxy groups -OCH3 is 1. The lowest BCUT2D eigenvalue weighted by Gasteiger charge is -2.08. The standard InChI is InChI=1S/C14H15ClN4O3S2/c1-3-10(11(20)22-2)23-14-19-18-13(24-14)17-12(21)16-9-6-4-8(15)5-7-9/h4-7,10H,3H2,1-2H3,(H2,16,17,18,21)/t10-/m0/s1. The first kappa shape index (κ1) is 18.5. The number of halogens is 1. The van der Waals surface area contributed by atoms with Crippen molar-refractivity contribution >= 4 is 57.5 Å². The second-order valence-electron chi connectivity index (χ2n) is 4.50. The summed E-state index contributed by atoms with van der Waals surface area (Å²) in [5.74, 6) is -0.312. The SMILES string of the molecule is CC[C@H](Sc1nnc(NC(=O)Nc2ccc(Cl)cc2)s1)C(=O)OC. The van der Waals surface area contributed by atoms with E-state index in [1.54, 1.807) is 24.3 Å². The quantitative estimate of drug-likeness (QED) is 0.444. The van der Waals surface area contributed by atoms with Crippen molar-refractivity contribution in [2.75, 3.05) is 17.7 Å². The maximum Gasteiger partial charge on any atom is 0.325 e. The number of esters is 1. The molecule has 128 valence electrons. The fourth-order valence-electron chi connectivity index (χ4n) is 1.65. The van der Waals surface area contributed by atoms with Crippen molar-refractivity contribution in [3.05, 3.63) is 29.3 Å². The molecular formula is C14H15ClN4O3S2. The molecule has 2 amide bonds. The highest BCUT2D eigenvalue weighted by atomic mass is 35.5. The molecule has 1 aromatic carbocycles. The van der Waals surface area contributed by atoms with Crippen LogP contribution in [0.5, 0.6) is 0 Å². The van der Waals surface area contributed by atoms with Gasteiger partial charge in [-0.2, -0.15) is 0 Å². The van der Waals surface area contributed by atoms with E-state index in [1.165, 1.54) is 30.2 Å². The van der Waals surface area contributed by atoms with Gasteiger partial charge in [-0.05, 0) is 30.7 Å². The Labute approximate surface area is 152 Å². The number of hydrogen-bond acceptors (Lipinski definition) is 7. The maximum atomic E-state index is 11.9. The van der Waals surface area contributed by atoms with E-state index in [4.69, 9.17) is 16.3 Å². The molecule has 0 aliphatic carbocycles. The zero-order valence-electron chi connectivity index (χ0n) is 12.9. The van der Waals surface area contributed by atoms with E-state index in [0.29, 0.717) is 26.6 Å². The van der Waals surface area contributed by atoms with Gasteiger partial charge in [0.2, 0.25) is 5.13 Å². The van der Waals surface area contributed by atoms with Crippen LogP contribution in [0.1, 0.15) is 13.3 Å². The number of thioether (sulfide) groups is 1. The van der Waals surface area contributed by atoms with Crippen LogP contribution in [0.25, 0.3) is 0 Å². The van der Waals surface area contributed by atoms with Gasteiger partial charge >= 0.3 is 12.0 Å². The number of hydrogen-bond donors (Lipinski definition) is 2. The fraction of sp³-hybridized carbons (Fsp3) is 0.286. The third kappa shape index (κ3) is 5.36. The highest BCUT2D eigenvalue weighted by Crippen LogP contribution is 2.30. The number of aromatic nitrogens is 2. The van der Waals surface area contributed by atoms with Crippen molar-refractivity contribution in [1.29, 1.82) is 0 Å². The molecule has 0 bridgehead atoms. The Kier molecular flexibility index (Phi) is 6.83. The summed E-state index contributed by atoms with van der Waals surface area (Å²) in [7, 11) is 1.35. The normalized spacial score (nSPS) is 11.6. The summed E-state index contributed by atoms with van der Waals surface area (Å²) in [6.45, 7) is 1.88. The van der Waals surface area contributed by atoms with Crippen LogP contribution < -0.4 is 10.6 Å². The number of nitrogens with one attached hydrogen (secondary N) is 2. The van der Waals surface area contributed by atoms with Gasteiger partial charge in [-0.3, -0.25) is 10.1 Å². The van der Waals surface area contributed by atoms with Crippen molar-refractivity contribution < 1.29 is 14.3 Å². The smallest absolute Gasteiger partial charge is 0.325 e. The van der Waals surface area contributed by atoms with Gasteiger partial charge in [0.25, 0.3) is 0 Å². The number of urea groups is 1. The van der Waals surface area contributed by atoms with Crippen LogP contribution >= 0.6 is 34.7 Å². The summed E-state index contributed by atoms with van der Waals surface area (Å²) in [6.07, 6.45) is 0.608. The summed E-state index contributed by atoms with van der Waals surface area (Å²) < 4.78 is 5.31. The molecule has 0 aliphatic rings. The highest BCUT2D eigenvalue weighted by Gasteiger charge is 2.21. The largest absolute Gasteiger partial charge is 0.468 e. The second kappa shape index (κ2) is 8.86. The van der Waals surface area contributed by atoms with Gasteiger partial charge in [0.15, 0.2) is 4.34 Å². The van der Waals surface area contributed by atoms with Crippen molar-refractivity contribution in [3.8, 4) is 0 Å². The molecule has 0 unspecified atom stereocenters. The molecule has 1 aromatic heterocycles. The summed E-state index contributed by atoms with van der Waals surface area (Å²) in [5, 5.41) is 13.7. The fourth-order valence-corrected chi connectivity index (χ4v) is 3.72. The van der Waals surface area contributed by atoms with Crippen molar-refractivity contribution in [1.82, 2.24) is 10.2 Å². The Bertz CT molecular complexity index is 708. The van der Waals surface area contributed by atoms with Crippen LogP contribution in [0.2, 0.25) is 5.02 Å². The Morgan fingerprint density at radius 3 is 2.62 bits per heavy atom. The first-order valence-electron chi connectivity index (χ1n) is 6.93. The molecule has 0 spiro atoms. The number of amides is 2. The van der Waals surface area contributed by atoms with Crippen molar-refractivity contribution in [2.45, 2.75) is 22.9 Å². The third-order valence-electron chi connectivity index (χ3n) is 2.81. The average molecular weight is 387 g/mol. The monoisotopic (exact) mass is 386 g/mol. The van der Waals surface area contributed by atoms with Gasteiger partial charge in [0, 0.05) is 10.7 Å². The molecule has 0 radical (unpaired) electrons. The predicted molar refractivity (Wildman–Crippen MR) is 96.0 cm³/mol. The van der Waals surface area contributed by atoms with Crippen LogP contribution in [-0.4, -0.2) is 34.6 Å². The van der Waals surface area contributed by atoms with Crippen LogP contribution in [-0.2, 0) is 9.53 Å². The van der Waals surface area contributed by atoms with Gasteiger partial charge in [0.1, 0.15) is 5.25 Å². The Hall–Kier alpha value is -1.84. The summed E-state index contributed by atoms with van der Waals surface area (Å²) in [4.78, 5) is 23.5. The third-order valence-corrected chi connectivity index (χ3v) is 5.32. The van der Waals surface area contributed by atoms with Crippen LogP contribution in [0.4, 0.5) is 15.6 Å². The lowest BCUT2D eigenvalue weighted by atomic mass is 10.3. The Balaban J connectivity index is 1.91. The topological polar surface area (TPSA) is 93.2 Å². The summed E-state index contributed by atoms with van der Waals surface area (Å²) in [6, 6.07) is 6.28. The molecule has 24 heavy (non-hydrogen) atoms. The van der Waals surface area contributed by atoms with Crippen LogP contribution in [0, 0.1) is 0 Å². The van der Waals surface area contributed by atoms with E-state index in [2.05, 4.69) is 20.8 Å². The lowest BCUT2D eigenvalue weighted by molar-refractivity contribution is -0.140. The van der Waals surface area contributed by atoms with Gasteiger partial charge in [-0.1, -0.05) is 41.6 Å². The van der Waals surface area contributed by atoms with Gasteiger partial charge < -0.3 is 10.1 Å². The Morgan fingerprint density at radius 2 is 2.00 bits per heavy atom. The van der Waals surface area contributed by atoms with Crippen LogP contribution in [0.15, 0.2) is 28.6 Å². The molecule has 0 saturated carbocycles. The van der Waals surface area contributed by atoms with Gasteiger partial charge in [-0.15, -0.1) is 10.2 Å². The molecule has 2 rings (SSSR count). The Morgan fingerprint density at radius 1 is 1.29 bits per heavy atom. The van der Waals surface area contributed by atoms with Crippen molar-refractivity contribution in [3.63, 3.8) is 0 Å². The molecule has 1 atom stereocenters. The molecule has 0 aliphatic heterocycles. The highest BCUT2D eigenvalue weighted by molar-refractivity contribution is 8.02. The number of carbonyl (C=O) groups is 2. The molecule has 0 saturated heterocycles. The number of ether oxygens (including phenoxy) is 1. The number of rotatable bonds is 6. The van der Waals surface area contributed by atoms with E-state index >= 15 is 0 Å². The van der Waals surface area contributed by atoms with E-state index in [0.717, 1.165) is 0 Å². The zero-order chi connectivity index (χ0) is 17.5. The molecule has 2 N–H and O–H groups in total. The predicted octanol–water partition coefficient (Wildman–Crippen LogP) is 3.88. The lowest BCUT2D eigenvalue weighted by Crippen LogP contribution is -2.19. The molecule has 1 heterocycles. The minimum Gasteiger partial charge on any atom is -0.468 e. The number of carbonyl (C=O) groups excluding carboxylic acids is 2. The number of nitrogens with zero attached hydrogens (tertiary/aromatic N) is 2. The van der Waals surface area contributed by atoms with Gasteiger partial charge in [0.05, 0.1) is 7.11 Å². The first-order chi connectivity index (χ1) is 11.5. The average Bonchev–Trinajstić information content (AvgIpc) is 3.01. The molecular weight excluding hydrogens is 372 g/mol. The number of anilines is 2. The van der Waals surface area contributed by atoms with Crippen molar-refractivity contribution in [2.24, 2.45) is 0 Å². The molecule has 7 nitrogen and oxygen atoms in total. The van der Waals surface area contributed by atoms with E-state index in [9.17, 15) is 9.59 Å². The first-order valence-corrected chi connectivity index (χ1v) is 9.00.